The standard InChI is InChI=1S/C13H26N2OS/c16-17-10-8-15(9-11-17)7-6-14-12-13-4-2-1-3-5-13/h13-14H,1-12H2. The predicted molar refractivity (Wildman–Crippen MR) is 73.8 cm³/mol. The molecule has 0 atom stereocenters. The highest BCUT2D eigenvalue weighted by atomic mass is 32.2. The summed E-state index contributed by atoms with van der Waals surface area (Å²) in [7, 11) is -0.534. The van der Waals surface area contributed by atoms with Gasteiger partial charge in [-0.25, -0.2) is 0 Å². The van der Waals surface area contributed by atoms with Gasteiger partial charge in [0, 0.05) is 48.5 Å². The van der Waals surface area contributed by atoms with Crippen LogP contribution in [0.4, 0.5) is 0 Å². The van der Waals surface area contributed by atoms with E-state index in [4.69, 9.17) is 0 Å². The van der Waals surface area contributed by atoms with Crippen molar-refractivity contribution in [3.8, 4) is 0 Å². The van der Waals surface area contributed by atoms with Gasteiger partial charge >= 0.3 is 0 Å². The molecule has 0 unspecified atom stereocenters. The van der Waals surface area contributed by atoms with Gasteiger partial charge in [0.05, 0.1) is 0 Å². The van der Waals surface area contributed by atoms with Crippen molar-refractivity contribution in [2.24, 2.45) is 5.92 Å². The Kier molecular flexibility index (Phi) is 5.95. The van der Waals surface area contributed by atoms with E-state index in [9.17, 15) is 4.21 Å². The smallest absolute Gasteiger partial charge is 0.0363 e. The first-order valence-electron chi connectivity index (χ1n) is 7.12. The van der Waals surface area contributed by atoms with E-state index >= 15 is 0 Å². The molecule has 2 aliphatic rings. The van der Waals surface area contributed by atoms with E-state index in [2.05, 4.69) is 10.2 Å². The van der Waals surface area contributed by atoms with Gasteiger partial charge in [0.25, 0.3) is 0 Å². The molecule has 1 aliphatic carbocycles. The summed E-state index contributed by atoms with van der Waals surface area (Å²) in [6, 6.07) is 0. The Morgan fingerprint density at radius 1 is 1.12 bits per heavy atom. The van der Waals surface area contributed by atoms with Gasteiger partial charge in [0.1, 0.15) is 0 Å². The van der Waals surface area contributed by atoms with E-state index in [1.807, 2.05) is 0 Å². The highest BCUT2D eigenvalue weighted by Gasteiger charge is 2.15. The first-order valence-corrected chi connectivity index (χ1v) is 8.61. The molecule has 1 saturated carbocycles. The molecule has 4 heteroatoms. The number of nitrogens with zero attached hydrogens (tertiary/aromatic N) is 1. The maximum absolute atomic E-state index is 11.2. The fourth-order valence-electron chi connectivity index (χ4n) is 2.83. The number of nitrogens with one attached hydrogen (secondary N) is 1. The molecule has 100 valence electrons. The Labute approximate surface area is 108 Å². The Morgan fingerprint density at radius 2 is 1.82 bits per heavy atom. The van der Waals surface area contributed by atoms with Crippen LogP contribution in [0, 0.1) is 5.92 Å². The topological polar surface area (TPSA) is 32.3 Å². The van der Waals surface area contributed by atoms with Crippen molar-refractivity contribution in [1.29, 1.82) is 0 Å². The van der Waals surface area contributed by atoms with Gasteiger partial charge in [-0.3, -0.25) is 4.21 Å². The minimum atomic E-state index is -0.534. The Hall–Kier alpha value is 0.0700. The Balaban J connectivity index is 1.49. The van der Waals surface area contributed by atoms with Gasteiger partial charge < -0.3 is 10.2 Å². The van der Waals surface area contributed by atoms with Crippen molar-refractivity contribution in [2.75, 3.05) is 44.2 Å². The molecule has 0 bridgehead atoms. The largest absolute Gasteiger partial charge is 0.315 e. The molecule has 0 aromatic carbocycles. The summed E-state index contributed by atoms with van der Waals surface area (Å²) < 4.78 is 11.2. The van der Waals surface area contributed by atoms with E-state index < -0.39 is 10.8 Å². The van der Waals surface area contributed by atoms with Crippen molar-refractivity contribution >= 4 is 10.8 Å². The zero-order chi connectivity index (χ0) is 11.9. The van der Waals surface area contributed by atoms with E-state index in [1.54, 1.807) is 0 Å². The van der Waals surface area contributed by atoms with Crippen LogP contribution in [0.5, 0.6) is 0 Å². The Morgan fingerprint density at radius 3 is 2.53 bits per heavy atom. The van der Waals surface area contributed by atoms with E-state index in [-0.39, 0.29) is 0 Å². The lowest BCUT2D eigenvalue weighted by molar-refractivity contribution is 0.286. The molecule has 0 radical (unpaired) electrons. The van der Waals surface area contributed by atoms with Crippen LogP contribution in [0.1, 0.15) is 32.1 Å². The molecule has 0 amide bonds. The van der Waals surface area contributed by atoms with E-state index in [1.165, 1.54) is 38.6 Å². The van der Waals surface area contributed by atoms with E-state index in [0.717, 1.165) is 43.6 Å². The van der Waals surface area contributed by atoms with Gasteiger partial charge in [-0.05, 0) is 25.3 Å². The molecule has 1 heterocycles. The third-order valence-electron chi connectivity index (χ3n) is 4.03. The van der Waals surface area contributed by atoms with Gasteiger partial charge in [-0.15, -0.1) is 0 Å². The van der Waals surface area contributed by atoms with Gasteiger partial charge in [-0.2, -0.15) is 0 Å². The normalized spacial score (nSPS) is 25.2. The van der Waals surface area contributed by atoms with Crippen molar-refractivity contribution in [2.45, 2.75) is 32.1 Å². The maximum Gasteiger partial charge on any atom is 0.0363 e. The lowest BCUT2D eigenvalue weighted by Crippen LogP contribution is -2.41. The zero-order valence-corrected chi connectivity index (χ0v) is 11.6. The van der Waals surface area contributed by atoms with Crippen molar-refractivity contribution in [3.05, 3.63) is 0 Å². The molecule has 17 heavy (non-hydrogen) atoms. The molecule has 0 aromatic rings. The quantitative estimate of drug-likeness (QED) is 0.753. The van der Waals surface area contributed by atoms with Gasteiger partial charge in [0.15, 0.2) is 0 Å². The Bertz CT molecular complexity index is 232. The molecular formula is C13H26N2OS. The molecule has 1 aliphatic heterocycles. The first-order chi connectivity index (χ1) is 8.34. The highest BCUT2D eigenvalue weighted by Crippen LogP contribution is 2.22. The summed E-state index contributed by atoms with van der Waals surface area (Å²) in [5.74, 6) is 2.68. The lowest BCUT2D eigenvalue weighted by atomic mass is 9.89. The third kappa shape index (κ3) is 5.06. The second-order valence-corrected chi connectivity index (χ2v) is 7.09. The second-order valence-electron chi connectivity index (χ2n) is 5.40. The maximum atomic E-state index is 11.2. The summed E-state index contributed by atoms with van der Waals surface area (Å²) in [5, 5.41) is 3.60. The van der Waals surface area contributed by atoms with Crippen LogP contribution < -0.4 is 5.32 Å². The highest BCUT2D eigenvalue weighted by molar-refractivity contribution is 7.85. The van der Waals surface area contributed by atoms with Crippen LogP contribution in [-0.2, 0) is 10.8 Å². The summed E-state index contributed by atoms with van der Waals surface area (Å²) in [6.45, 7) is 5.49. The molecule has 1 N–H and O–H groups in total. The average molecular weight is 258 g/mol. The molecule has 0 aromatic heterocycles. The van der Waals surface area contributed by atoms with Crippen LogP contribution in [0.15, 0.2) is 0 Å². The van der Waals surface area contributed by atoms with Crippen LogP contribution >= 0.6 is 0 Å². The fourth-order valence-corrected chi connectivity index (χ4v) is 3.96. The third-order valence-corrected chi connectivity index (χ3v) is 5.31. The minimum Gasteiger partial charge on any atom is -0.315 e. The minimum absolute atomic E-state index is 0.534. The molecule has 0 spiro atoms. The van der Waals surface area contributed by atoms with Crippen molar-refractivity contribution in [1.82, 2.24) is 10.2 Å². The summed E-state index contributed by atoms with van der Waals surface area (Å²) >= 11 is 0. The van der Waals surface area contributed by atoms with Crippen molar-refractivity contribution < 1.29 is 4.21 Å². The average Bonchev–Trinajstić information content (AvgIpc) is 2.38. The monoisotopic (exact) mass is 258 g/mol. The number of hydrogen-bond donors (Lipinski definition) is 1. The molecule has 2 rings (SSSR count). The summed E-state index contributed by atoms with van der Waals surface area (Å²) in [5.41, 5.74) is 0. The SMILES string of the molecule is O=S1CCN(CCNCC2CCCCC2)CC1. The lowest BCUT2D eigenvalue weighted by Gasteiger charge is -2.27. The molecule has 2 fully saturated rings. The first kappa shape index (κ1) is 13.5. The number of hydrogen-bond acceptors (Lipinski definition) is 3. The van der Waals surface area contributed by atoms with Crippen LogP contribution in [0.3, 0.4) is 0 Å². The molecule has 3 nitrogen and oxygen atoms in total. The number of rotatable bonds is 5. The van der Waals surface area contributed by atoms with Crippen LogP contribution in [0.25, 0.3) is 0 Å². The molecule has 1 saturated heterocycles. The van der Waals surface area contributed by atoms with Crippen LogP contribution in [-0.4, -0.2) is 53.3 Å². The summed E-state index contributed by atoms with van der Waals surface area (Å²) in [4.78, 5) is 2.44. The van der Waals surface area contributed by atoms with Crippen LogP contribution in [0.2, 0.25) is 0 Å². The fraction of sp³-hybridized carbons (Fsp3) is 1.00. The molecular weight excluding hydrogens is 232 g/mol. The summed E-state index contributed by atoms with van der Waals surface area (Å²) in [6.07, 6.45) is 7.17. The predicted octanol–water partition coefficient (Wildman–Crippen LogP) is 1.22. The van der Waals surface area contributed by atoms with Gasteiger partial charge in [-0.1, -0.05) is 19.3 Å². The van der Waals surface area contributed by atoms with Gasteiger partial charge in [0.2, 0.25) is 0 Å². The van der Waals surface area contributed by atoms with Crippen molar-refractivity contribution in [3.63, 3.8) is 0 Å². The second kappa shape index (κ2) is 7.49. The van der Waals surface area contributed by atoms with E-state index in [0.29, 0.717) is 0 Å². The zero-order valence-electron chi connectivity index (χ0n) is 10.8.